The van der Waals surface area contributed by atoms with Gasteiger partial charge in [-0.05, 0) is 216 Å². The first kappa shape index (κ1) is 81.2. The number of hydrogen-bond acceptors (Lipinski definition) is 15. The zero-order chi connectivity index (χ0) is 78.4. The number of esters is 3. The maximum Gasteiger partial charge on any atom is 0.324 e. The van der Waals surface area contributed by atoms with Gasteiger partial charge in [-0.2, -0.15) is 0 Å². The van der Waals surface area contributed by atoms with Crippen molar-refractivity contribution in [1.82, 2.24) is 0 Å². The maximum atomic E-state index is 13.4. The summed E-state index contributed by atoms with van der Waals surface area (Å²) < 4.78 is 15.7. The van der Waals surface area contributed by atoms with Crippen molar-refractivity contribution in [1.29, 1.82) is 0 Å². The molecule has 15 heteroatoms. The Kier molecular flexibility index (Phi) is 35.7. The van der Waals surface area contributed by atoms with Crippen LogP contribution in [0.3, 0.4) is 0 Å². The summed E-state index contributed by atoms with van der Waals surface area (Å²) in [6.07, 6.45) is 39.1. The van der Waals surface area contributed by atoms with Crippen LogP contribution in [0.1, 0.15) is 127 Å². The quantitative estimate of drug-likeness (QED) is 0.135. The zero-order valence-electron chi connectivity index (χ0n) is 59.2. The summed E-state index contributed by atoms with van der Waals surface area (Å²) in [6.45, 7) is 0. The summed E-state index contributed by atoms with van der Waals surface area (Å²) >= 11 is 0. The average Bonchev–Trinajstić information content (AvgIpc) is 0.888. The van der Waals surface area contributed by atoms with Crippen molar-refractivity contribution < 1.29 is 43.9 Å². The normalized spacial score (nSPS) is 15.3. The molecule has 6 bridgehead atoms. The van der Waals surface area contributed by atoms with Gasteiger partial charge in [-0.25, -0.2) is 0 Å². The summed E-state index contributed by atoms with van der Waals surface area (Å²) in [7, 11) is 0. The van der Waals surface area contributed by atoms with Crippen molar-refractivity contribution in [2.24, 2.45) is 30.0 Å². The third-order valence-corrected chi connectivity index (χ3v) is 15.4. The van der Waals surface area contributed by atoms with Crippen LogP contribution in [-0.4, -0.2) is 107 Å². The Hall–Kier alpha value is -17.1. The van der Waals surface area contributed by atoms with E-state index in [1.54, 1.807) is 73.7 Å². The predicted octanol–water partition coefficient (Wildman–Crippen LogP) is 6.77. The number of aliphatic imine (C=N–C) groups is 6. The molecule has 0 radical (unpaired) electrons. The Morgan fingerprint density at radius 1 is 0.270 bits per heavy atom. The molecule has 0 saturated heterocycles. The number of phenolic OH excluding ortho intramolecular Hbond substituents is 3. The van der Waals surface area contributed by atoms with Crippen LogP contribution >= 0.6 is 0 Å². The Bertz CT molecular complexity index is 5330. The number of phenols is 3. The lowest BCUT2D eigenvalue weighted by atomic mass is 9.91. The molecule has 3 aromatic rings. The van der Waals surface area contributed by atoms with E-state index in [0.717, 1.165) is 38.5 Å². The maximum absolute atomic E-state index is 13.4. The van der Waals surface area contributed by atoms with Gasteiger partial charge < -0.3 is 29.5 Å². The van der Waals surface area contributed by atoms with Crippen LogP contribution < -0.4 is 0 Å². The van der Waals surface area contributed by atoms with Crippen molar-refractivity contribution in [3.63, 3.8) is 0 Å². The fourth-order valence-electron chi connectivity index (χ4n) is 10.6. The van der Waals surface area contributed by atoms with E-state index >= 15 is 0 Å². The van der Waals surface area contributed by atoms with Crippen LogP contribution in [0.25, 0.3) is 0 Å². The number of nitrogens with zero attached hydrogens (tertiary/aromatic N) is 6. The van der Waals surface area contributed by atoms with Crippen molar-refractivity contribution in [3.05, 3.63) is 86.5 Å². The van der Waals surface area contributed by atoms with Crippen molar-refractivity contribution in [2.75, 3.05) is 0 Å². The Balaban J connectivity index is 1.25. The van der Waals surface area contributed by atoms with Gasteiger partial charge in [0.15, 0.2) is 0 Å². The number of carbonyl (C=O) groups excluding carboxylic acids is 3. The second-order valence-corrected chi connectivity index (χ2v) is 22.9. The lowest BCUT2D eigenvalue weighted by Gasteiger charge is -2.26. The van der Waals surface area contributed by atoms with E-state index in [0.29, 0.717) is 55.2 Å². The first-order valence-corrected chi connectivity index (χ1v) is 33.7. The van der Waals surface area contributed by atoms with Crippen molar-refractivity contribution in [3.8, 4) is 303 Å². The molecule has 3 saturated carbocycles. The number of fused-ring (bicyclic) bond motifs is 9. The number of benzene rings is 3. The third kappa shape index (κ3) is 31.2. The molecule has 522 valence electrons. The molecule has 0 amide bonds. The van der Waals surface area contributed by atoms with Gasteiger partial charge in [0.1, 0.15) is 35.6 Å². The smallest absolute Gasteiger partial charge is 0.324 e. The minimum Gasteiger partial charge on any atom is -0.507 e. The molecule has 6 atom stereocenters. The zero-order valence-corrected chi connectivity index (χ0v) is 59.2. The highest BCUT2D eigenvalue weighted by atomic mass is 16.5. The molecule has 111 heavy (non-hydrogen) atoms. The highest BCUT2D eigenvalue weighted by molar-refractivity contribution is 5.96. The number of hydrogen-bond donors (Lipinski definition) is 3. The topological polar surface area (TPSA) is 214 Å². The fourth-order valence-corrected chi connectivity index (χ4v) is 10.6. The Morgan fingerprint density at radius 2 is 0.423 bits per heavy atom. The predicted molar refractivity (Wildman–Crippen MR) is 427 cm³/mol. The van der Waals surface area contributed by atoms with Gasteiger partial charge in [0, 0.05) is 195 Å². The molecule has 0 spiro atoms. The number of carbonyl (C=O) groups is 3. The van der Waals surface area contributed by atoms with Gasteiger partial charge in [-0.1, -0.05) is 38.5 Å². The minimum absolute atomic E-state index is 0.173. The summed E-state index contributed by atoms with van der Waals surface area (Å²) in [5.41, 5.74) is 2.89. The SMILES string of the molecule is C#CC#CC#CC#CC#CC#CC#CC#COC(=O)Cc1cc2c(O)c(c1)C=NC1CCCCC1N=Cc1cc(CC(=O)OC#CC#CC#CC#CC#CC#CC#CC#C)cc(c1O)C=NC1CCCCC1N=Cc1cc(CC(=O)OC#CC#CC#CC#CC#CC#CC#CC#C)cc(c1O)C=NC1CCCCC1N=C2. The second kappa shape index (κ2) is 48.7. The first-order valence-electron chi connectivity index (χ1n) is 33.7. The van der Waals surface area contributed by atoms with Crippen LogP contribution in [0.4, 0.5) is 0 Å². The average molecular weight is 1440 g/mol. The standard InChI is InChI=1S/C96H54N6O9/c1-4-7-10-13-16-19-22-25-28-31-34-37-40-49-58-109-91(103)67-76-61-79-70-97-85-52-43-45-54-87(85)99-72-81-63-77(68-92(104)110-59-50-41-38-35-32-29-26-23-20-17-14-11-8-5-2)65-83(95(81)107)74-101-89-56-47-48-57-90(89)102-75-84-66-78(69-93(105)111-60-51-42-39-36-33-30-27-24-21-18-15-12-9-6-3)64-82(96(84)108)73-100-88-55-46-44-53-86(88)98-71-80(62-76)94(79)106/h1-3,61-66,70-75,85-90,106-108H,43-48,52-57,67-69H2. The van der Waals surface area contributed by atoms with Crippen LogP contribution in [0.5, 0.6) is 17.2 Å². The third-order valence-electron chi connectivity index (χ3n) is 15.4. The number of aromatic hydroxyl groups is 3. The lowest BCUT2D eigenvalue weighted by Crippen LogP contribution is -2.27. The monoisotopic (exact) mass is 1430 g/mol. The highest BCUT2D eigenvalue weighted by Crippen LogP contribution is 2.32. The van der Waals surface area contributed by atoms with Gasteiger partial charge in [0.05, 0.1) is 55.5 Å². The van der Waals surface area contributed by atoms with Crippen molar-refractivity contribution >= 4 is 55.2 Å². The molecule has 7 rings (SSSR count). The summed E-state index contributed by atoms with van der Waals surface area (Å²) in [5, 5.41) is 36.3. The number of ether oxygens (including phenoxy) is 3. The lowest BCUT2D eigenvalue weighted by molar-refractivity contribution is -0.137. The Labute approximate surface area is 648 Å². The molecule has 15 nitrogen and oxygen atoms in total. The molecule has 3 N–H and O–H groups in total. The molecule has 0 aromatic heterocycles. The van der Waals surface area contributed by atoms with Crippen LogP contribution in [0.15, 0.2) is 66.4 Å². The van der Waals surface area contributed by atoms with Gasteiger partial charge in [-0.3, -0.25) is 44.3 Å². The van der Waals surface area contributed by atoms with E-state index in [1.807, 2.05) is 0 Å². The Morgan fingerprint density at radius 3 is 0.586 bits per heavy atom. The summed E-state index contributed by atoms with van der Waals surface area (Å²) in [6, 6.07) is 7.30. The van der Waals surface area contributed by atoms with Crippen molar-refractivity contribution in [2.45, 2.75) is 133 Å². The van der Waals surface area contributed by atoms with Gasteiger partial charge >= 0.3 is 17.9 Å². The summed E-state index contributed by atoms with van der Waals surface area (Å²) in [5.74, 6) is 99.9. The minimum atomic E-state index is -0.732. The number of terminal acetylenes is 3. The van der Waals surface area contributed by atoms with E-state index in [-0.39, 0.29) is 69.9 Å². The molecule has 3 aliphatic carbocycles. The molecule has 3 aromatic carbocycles. The fraction of sp³-hybridized carbons (Fsp3) is 0.219. The van der Waals surface area contributed by atoms with E-state index in [2.05, 4.69) is 267 Å². The molecule has 1 aliphatic heterocycles. The molecule has 3 fully saturated rings. The largest absolute Gasteiger partial charge is 0.507 e. The van der Waals surface area contributed by atoms with E-state index in [1.165, 1.54) is 0 Å². The molecule has 6 unspecified atom stereocenters. The van der Waals surface area contributed by atoms with E-state index in [4.69, 9.17) is 63.4 Å². The van der Waals surface area contributed by atoms with E-state index in [9.17, 15) is 29.7 Å². The molecule has 1 heterocycles. The van der Waals surface area contributed by atoms with E-state index < -0.39 is 54.2 Å². The molecular weight excluding hydrogens is 1380 g/mol. The molecular formula is C96H54N6O9. The summed E-state index contributed by atoms with van der Waals surface area (Å²) in [4.78, 5) is 70.3. The van der Waals surface area contributed by atoms with Gasteiger partial charge in [0.25, 0.3) is 0 Å². The number of rotatable bonds is 6. The van der Waals surface area contributed by atoms with Gasteiger partial charge in [0.2, 0.25) is 0 Å². The first-order chi connectivity index (χ1) is 54.5. The van der Waals surface area contributed by atoms with Gasteiger partial charge in [-0.15, -0.1) is 19.3 Å². The van der Waals surface area contributed by atoms with Crippen LogP contribution in [0, 0.1) is 286 Å². The second-order valence-electron chi connectivity index (χ2n) is 22.9. The highest BCUT2D eigenvalue weighted by Gasteiger charge is 2.28. The van der Waals surface area contributed by atoms with Crippen LogP contribution in [0.2, 0.25) is 0 Å². The van der Waals surface area contributed by atoms with Crippen LogP contribution in [-0.2, 0) is 47.9 Å². The molecule has 4 aliphatic rings.